The fraction of sp³-hybridized carbons (Fsp3) is 0.611. The zero-order valence-corrected chi connectivity index (χ0v) is 13.6. The number of likely N-dealkylation sites (tertiary alicyclic amines) is 1. The maximum absolute atomic E-state index is 12.1. The van der Waals surface area contributed by atoms with E-state index in [1.54, 1.807) is 19.0 Å². The Kier molecular flexibility index (Phi) is 4.79. The van der Waals surface area contributed by atoms with Crippen molar-refractivity contribution in [3.05, 3.63) is 35.9 Å². The fourth-order valence-electron chi connectivity index (χ4n) is 3.68. The Labute approximate surface area is 133 Å². The van der Waals surface area contributed by atoms with Crippen molar-refractivity contribution in [3.8, 4) is 0 Å². The van der Waals surface area contributed by atoms with Gasteiger partial charge in [0.2, 0.25) is 0 Å². The summed E-state index contributed by atoms with van der Waals surface area (Å²) in [4.78, 5) is 16.3. The molecule has 22 heavy (non-hydrogen) atoms. The molecule has 0 aromatic heterocycles. The number of amides is 1. The average molecular weight is 302 g/mol. The zero-order chi connectivity index (χ0) is 15.5. The summed E-state index contributed by atoms with van der Waals surface area (Å²) < 4.78 is 6.08. The smallest absolute Gasteiger partial charge is 0.251 e. The van der Waals surface area contributed by atoms with Crippen LogP contribution in [0.1, 0.15) is 24.8 Å². The van der Waals surface area contributed by atoms with Crippen molar-refractivity contribution in [1.82, 2.24) is 9.80 Å². The first-order chi connectivity index (χ1) is 10.6. The van der Waals surface area contributed by atoms with E-state index >= 15 is 0 Å². The lowest BCUT2D eigenvalue weighted by molar-refractivity contribution is -0.151. The number of carbonyl (C=O) groups is 1. The van der Waals surface area contributed by atoms with Gasteiger partial charge >= 0.3 is 0 Å². The second-order valence-corrected chi connectivity index (χ2v) is 6.60. The summed E-state index contributed by atoms with van der Waals surface area (Å²) in [5.74, 6) is 0.112. The second kappa shape index (κ2) is 6.80. The molecule has 2 aliphatic rings. The monoisotopic (exact) mass is 302 g/mol. The van der Waals surface area contributed by atoms with E-state index in [-0.39, 0.29) is 18.1 Å². The Morgan fingerprint density at radius 2 is 2.00 bits per heavy atom. The number of nitrogens with zero attached hydrogens (tertiary/aromatic N) is 2. The minimum Gasteiger partial charge on any atom is -0.363 e. The maximum atomic E-state index is 12.1. The van der Waals surface area contributed by atoms with Gasteiger partial charge in [-0.15, -0.1) is 0 Å². The van der Waals surface area contributed by atoms with Crippen LogP contribution < -0.4 is 0 Å². The molecule has 2 heterocycles. The van der Waals surface area contributed by atoms with Crippen LogP contribution in [0.15, 0.2) is 30.3 Å². The molecule has 4 nitrogen and oxygen atoms in total. The summed E-state index contributed by atoms with van der Waals surface area (Å²) in [6, 6.07) is 11.1. The summed E-state index contributed by atoms with van der Waals surface area (Å²) in [6.07, 6.45) is 4.06. The third-order valence-electron chi connectivity index (χ3n) is 4.91. The maximum Gasteiger partial charge on any atom is 0.251 e. The van der Waals surface area contributed by atoms with Crippen LogP contribution in [0.2, 0.25) is 0 Å². The summed E-state index contributed by atoms with van der Waals surface area (Å²) in [6.45, 7) is 2.17. The van der Waals surface area contributed by atoms with Gasteiger partial charge in [-0.05, 0) is 31.2 Å². The number of rotatable bonds is 4. The molecule has 0 unspecified atom stereocenters. The molecule has 3 rings (SSSR count). The van der Waals surface area contributed by atoms with E-state index in [1.807, 2.05) is 0 Å². The Morgan fingerprint density at radius 3 is 2.73 bits per heavy atom. The number of hydrogen-bond acceptors (Lipinski definition) is 3. The lowest BCUT2D eigenvalue weighted by Crippen LogP contribution is -2.47. The van der Waals surface area contributed by atoms with Gasteiger partial charge in [0.1, 0.15) is 6.10 Å². The molecule has 1 aromatic rings. The molecule has 0 aliphatic carbocycles. The molecule has 2 aliphatic heterocycles. The number of ether oxygens (including phenoxy) is 1. The zero-order valence-electron chi connectivity index (χ0n) is 13.6. The molecule has 1 aromatic carbocycles. The normalized spacial score (nSPS) is 28.4. The van der Waals surface area contributed by atoms with Crippen LogP contribution in [0, 0.1) is 0 Å². The molecule has 0 saturated carbocycles. The van der Waals surface area contributed by atoms with Crippen molar-refractivity contribution in [2.24, 2.45) is 0 Å². The third-order valence-corrected chi connectivity index (χ3v) is 4.91. The molecule has 4 heteroatoms. The Morgan fingerprint density at radius 1 is 1.23 bits per heavy atom. The molecule has 0 radical (unpaired) electrons. The molecule has 2 fully saturated rings. The predicted molar refractivity (Wildman–Crippen MR) is 86.7 cm³/mol. The number of benzene rings is 1. The highest BCUT2D eigenvalue weighted by molar-refractivity contribution is 5.80. The molecule has 0 bridgehead atoms. The van der Waals surface area contributed by atoms with Crippen molar-refractivity contribution < 1.29 is 9.53 Å². The van der Waals surface area contributed by atoms with Gasteiger partial charge in [-0.1, -0.05) is 30.3 Å². The van der Waals surface area contributed by atoms with Crippen molar-refractivity contribution in [2.45, 2.75) is 43.9 Å². The topological polar surface area (TPSA) is 32.8 Å². The van der Waals surface area contributed by atoms with E-state index in [2.05, 4.69) is 35.2 Å². The Hall–Kier alpha value is -1.39. The van der Waals surface area contributed by atoms with E-state index in [9.17, 15) is 4.79 Å². The molecule has 2 saturated heterocycles. The van der Waals surface area contributed by atoms with E-state index in [0.29, 0.717) is 6.04 Å². The number of carbonyl (C=O) groups excluding carboxylic acids is 1. The van der Waals surface area contributed by atoms with Crippen LogP contribution >= 0.6 is 0 Å². The van der Waals surface area contributed by atoms with Crippen LogP contribution in [-0.2, 0) is 16.0 Å². The first kappa shape index (κ1) is 15.5. The van der Waals surface area contributed by atoms with Crippen LogP contribution in [0.4, 0.5) is 0 Å². The lowest BCUT2D eigenvalue weighted by atomic mass is 9.98. The highest BCUT2D eigenvalue weighted by Crippen LogP contribution is 2.31. The first-order valence-corrected chi connectivity index (χ1v) is 8.30. The van der Waals surface area contributed by atoms with Gasteiger partial charge in [-0.2, -0.15) is 0 Å². The fourth-order valence-corrected chi connectivity index (χ4v) is 3.68. The van der Waals surface area contributed by atoms with Crippen LogP contribution in [-0.4, -0.2) is 61.1 Å². The summed E-state index contributed by atoms with van der Waals surface area (Å²) >= 11 is 0. The van der Waals surface area contributed by atoms with Gasteiger partial charge in [0.15, 0.2) is 0 Å². The van der Waals surface area contributed by atoms with Crippen LogP contribution in [0.25, 0.3) is 0 Å². The lowest BCUT2D eigenvalue weighted by Gasteiger charge is -2.36. The van der Waals surface area contributed by atoms with Crippen molar-refractivity contribution in [1.29, 1.82) is 0 Å². The van der Waals surface area contributed by atoms with Gasteiger partial charge < -0.3 is 9.64 Å². The minimum absolute atomic E-state index is 0.112. The van der Waals surface area contributed by atoms with Gasteiger partial charge in [0.25, 0.3) is 5.91 Å². The molecular weight excluding hydrogens is 276 g/mol. The molecular formula is C18H26N2O2. The predicted octanol–water partition coefficient (Wildman–Crippen LogP) is 1.94. The van der Waals surface area contributed by atoms with Gasteiger partial charge in [0.05, 0.1) is 6.10 Å². The largest absolute Gasteiger partial charge is 0.363 e. The van der Waals surface area contributed by atoms with Crippen LogP contribution in [0.3, 0.4) is 0 Å². The highest BCUT2D eigenvalue weighted by atomic mass is 16.5. The molecule has 3 atom stereocenters. The van der Waals surface area contributed by atoms with E-state index < -0.39 is 0 Å². The average Bonchev–Trinajstić information content (AvgIpc) is 2.95. The first-order valence-electron chi connectivity index (χ1n) is 8.30. The van der Waals surface area contributed by atoms with E-state index in [0.717, 1.165) is 38.8 Å². The number of fused-ring (bicyclic) bond motifs is 1. The minimum atomic E-state index is -0.231. The highest BCUT2D eigenvalue weighted by Gasteiger charge is 2.41. The summed E-state index contributed by atoms with van der Waals surface area (Å²) in [5, 5.41) is 0. The number of hydrogen-bond donors (Lipinski definition) is 0. The molecule has 1 amide bonds. The Balaban J connectivity index is 1.53. The second-order valence-electron chi connectivity index (χ2n) is 6.60. The van der Waals surface area contributed by atoms with Crippen LogP contribution in [0.5, 0.6) is 0 Å². The van der Waals surface area contributed by atoms with E-state index in [1.165, 1.54) is 5.56 Å². The Bertz CT molecular complexity index is 503. The summed E-state index contributed by atoms with van der Waals surface area (Å²) in [7, 11) is 3.61. The van der Waals surface area contributed by atoms with Gasteiger partial charge in [-0.3, -0.25) is 9.69 Å². The van der Waals surface area contributed by atoms with Crippen molar-refractivity contribution in [3.63, 3.8) is 0 Å². The number of likely N-dealkylation sites (N-methyl/N-ethyl adjacent to an activating group) is 1. The van der Waals surface area contributed by atoms with Gasteiger partial charge in [-0.25, -0.2) is 0 Å². The third kappa shape index (κ3) is 3.33. The summed E-state index contributed by atoms with van der Waals surface area (Å²) in [5.41, 5.74) is 1.39. The van der Waals surface area contributed by atoms with Gasteiger partial charge in [0, 0.05) is 33.2 Å². The molecule has 0 spiro atoms. The standard InChI is InChI=1S/C18H26N2O2/c1-19(2)18(21)17-9-8-15-16(22-17)11-13-20(15)12-10-14-6-4-3-5-7-14/h3-7,15-17H,8-13H2,1-2H3/t15-,16-,17+/m1/s1. The quantitative estimate of drug-likeness (QED) is 0.852. The SMILES string of the molecule is CN(C)C(=O)[C@@H]1CC[C@@H]2[C@@H](CCN2CCc2ccccc2)O1. The van der Waals surface area contributed by atoms with Crippen molar-refractivity contribution in [2.75, 3.05) is 27.2 Å². The molecule has 0 N–H and O–H groups in total. The molecule has 120 valence electrons. The van der Waals surface area contributed by atoms with E-state index in [4.69, 9.17) is 4.74 Å². The van der Waals surface area contributed by atoms with Crippen molar-refractivity contribution >= 4 is 5.91 Å².